The minimum Gasteiger partial charge on any atom is -0.481 e. The Kier molecular flexibility index (Phi) is 11.3. The maximum Gasteiger partial charge on any atom is 0.326 e. The van der Waals surface area contributed by atoms with Crippen LogP contribution in [-0.2, 0) is 41.6 Å². The Bertz CT molecular complexity index is 1780. The number of carboxylic acid groups (broad SMARTS) is 2. The molecule has 4 aromatic rings. The Morgan fingerprint density at radius 2 is 1.13 bits per heavy atom. The standard InChI is InChI=1S/C32H37N7O8/c33-21(13-17-15-35-22-7-3-1-5-19(17)22)29(43)37-24(9-11-27(34)40)30(44)38-25(10-12-28(41)42)31(45)39-26(32(46)47)14-18-16-36-23-8-4-2-6-20(18)23/h1-8,15-16,21,24-26,35-36H,9-14,33H2,(H2,34,40)(H,37,43)(H,38,44)(H,39,45)(H,41,42)(H,46,47). The second-order valence-electron chi connectivity index (χ2n) is 11.2. The molecular formula is C32H37N7O8. The maximum atomic E-state index is 13.4. The Balaban J connectivity index is 1.47. The van der Waals surface area contributed by atoms with E-state index in [9.17, 15) is 39.0 Å². The predicted octanol–water partition coefficient (Wildman–Crippen LogP) is 0.431. The van der Waals surface area contributed by atoms with Crippen LogP contribution in [0.3, 0.4) is 0 Å². The summed E-state index contributed by atoms with van der Waals surface area (Å²) in [6.45, 7) is 0. The van der Waals surface area contributed by atoms with Crippen LogP contribution < -0.4 is 27.4 Å². The zero-order valence-corrected chi connectivity index (χ0v) is 25.3. The number of aromatic nitrogens is 2. The molecule has 0 fully saturated rings. The van der Waals surface area contributed by atoms with Gasteiger partial charge >= 0.3 is 11.9 Å². The summed E-state index contributed by atoms with van der Waals surface area (Å²) in [7, 11) is 0. The van der Waals surface area contributed by atoms with Crippen molar-refractivity contribution in [1.82, 2.24) is 25.9 Å². The topological polar surface area (TPSA) is 263 Å². The fourth-order valence-electron chi connectivity index (χ4n) is 5.27. The lowest BCUT2D eigenvalue weighted by Crippen LogP contribution is -2.57. The van der Waals surface area contributed by atoms with Crippen LogP contribution in [0.5, 0.6) is 0 Å². The SMILES string of the molecule is NC(=O)CCC(NC(=O)C(N)Cc1c[nH]c2ccccc12)C(=O)NC(CCC(=O)O)C(=O)NC(Cc1c[nH]c2ccccc12)C(=O)O. The number of hydrogen-bond acceptors (Lipinski definition) is 7. The first kappa shape index (κ1) is 34.2. The van der Waals surface area contributed by atoms with Crippen molar-refractivity contribution in [2.75, 3.05) is 0 Å². The van der Waals surface area contributed by atoms with Gasteiger partial charge in [-0.25, -0.2) is 4.79 Å². The Labute approximate surface area is 268 Å². The summed E-state index contributed by atoms with van der Waals surface area (Å²) in [4.78, 5) is 81.0. The van der Waals surface area contributed by atoms with E-state index in [1.807, 2.05) is 36.4 Å². The molecular weight excluding hydrogens is 610 g/mol. The highest BCUT2D eigenvalue weighted by atomic mass is 16.4. The van der Waals surface area contributed by atoms with Crippen molar-refractivity contribution >= 4 is 57.4 Å². The fraction of sp³-hybridized carbons (Fsp3) is 0.312. The van der Waals surface area contributed by atoms with Gasteiger partial charge in [-0.15, -0.1) is 0 Å². The van der Waals surface area contributed by atoms with Crippen LogP contribution in [0.2, 0.25) is 0 Å². The molecule has 0 aliphatic carbocycles. The molecule has 4 atom stereocenters. The van der Waals surface area contributed by atoms with E-state index >= 15 is 0 Å². The number of H-pyrrole nitrogens is 2. The maximum absolute atomic E-state index is 13.4. The first-order valence-electron chi connectivity index (χ1n) is 14.9. The average molecular weight is 648 g/mol. The van der Waals surface area contributed by atoms with Crippen LogP contribution in [0.15, 0.2) is 60.9 Å². The highest BCUT2D eigenvalue weighted by Crippen LogP contribution is 2.20. The molecule has 2 aromatic heterocycles. The summed E-state index contributed by atoms with van der Waals surface area (Å²) in [6.07, 6.45) is 1.92. The third-order valence-corrected chi connectivity index (χ3v) is 7.76. The summed E-state index contributed by atoms with van der Waals surface area (Å²) in [5.41, 5.74) is 14.5. The van der Waals surface area contributed by atoms with Crippen LogP contribution in [0.1, 0.15) is 36.8 Å². The van der Waals surface area contributed by atoms with Crippen molar-refractivity contribution < 1.29 is 39.0 Å². The zero-order chi connectivity index (χ0) is 34.1. The average Bonchev–Trinajstić information content (AvgIpc) is 3.64. The monoisotopic (exact) mass is 647 g/mol. The lowest BCUT2D eigenvalue weighted by Gasteiger charge is -2.25. The van der Waals surface area contributed by atoms with Crippen LogP contribution >= 0.6 is 0 Å². The molecule has 2 aromatic carbocycles. The molecule has 15 heteroatoms. The van der Waals surface area contributed by atoms with Crippen molar-refractivity contribution in [1.29, 1.82) is 0 Å². The number of aliphatic carboxylic acids is 2. The number of nitrogens with two attached hydrogens (primary N) is 2. The van der Waals surface area contributed by atoms with Gasteiger partial charge in [0, 0.05) is 53.5 Å². The van der Waals surface area contributed by atoms with Gasteiger partial charge in [-0.2, -0.15) is 0 Å². The quantitative estimate of drug-likeness (QED) is 0.0768. The van der Waals surface area contributed by atoms with E-state index in [0.29, 0.717) is 5.56 Å². The minimum absolute atomic E-state index is 0.101. The molecule has 0 aliphatic rings. The Morgan fingerprint density at radius 1 is 0.660 bits per heavy atom. The highest BCUT2D eigenvalue weighted by molar-refractivity contribution is 5.95. The lowest BCUT2D eigenvalue weighted by atomic mass is 10.0. The van der Waals surface area contributed by atoms with E-state index in [-0.39, 0.29) is 32.1 Å². The number of hydrogen-bond donors (Lipinski definition) is 9. The number of fused-ring (bicyclic) bond motifs is 2. The molecule has 0 spiro atoms. The molecule has 11 N–H and O–H groups in total. The number of para-hydroxylation sites is 2. The van der Waals surface area contributed by atoms with Crippen LogP contribution in [0, 0.1) is 0 Å². The van der Waals surface area contributed by atoms with E-state index in [1.165, 1.54) is 0 Å². The van der Waals surface area contributed by atoms with Crippen LogP contribution in [0.4, 0.5) is 0 Å². The fourth-order valence-corrected chi connectivity index (χ4v) is 5.27. The first-order chi connectivity index (χ1) is 22.4. The molecule has 2 heterocycles. The van der Waals surface area contributed by atoms with Crippen molar-refractivity contribution in [3.63, 3.8) is 0 Å². The van der Waals surface area contributed by atoms with Gasteiger partial charge in [-0.3, -0.25) is 24.0 Å². The zero-order valence-electron chi connectivity index (χ0n) is 25.3. The summed E-state index contributed by atoms with van der Waals surface area (Å²) in [5.74, 6) is -5.91. The molecule has 0 saturated heterocycles. The lowest BCUT2D eigenvalue weighted by molar-refractivity contribution is -0.143. The summed E-state index contributed by atoms with van der Waals surface area (Å²) >= 11 is 0. The number of primary amides is 1. The number of carboxylic acids is 2. The second-order valence-corrected chi connectivity index (χ2v) is 11.2. The van der Waals surface area contributed by atoms with E-state index in [4.69, 9.17) is 11.5 Å². The predicted molar refractivity (Wildman–Crippen MR) is 171 cm³/mol. The smallest absolute Gasteiger partial charge is 0.326 e. The van der Waals surface area contributed by atoms with E-state index in [0.717, 1.165) is 27.4 Å². The second kappa shape index (κ2) is 15.5. The third kappa shape index (κ3) is 9.17. The van der Waals surface area contributed by atoms with Gasteiger partial charge in [0.15, 0.2) is 0 Å². The third-order valence-electron chi connectivity index (χ3n) is 7.76. The molecule has 4 rings (SSSR count). The Morgan fingerprint density at radius 3 is 1.64 bits per heavy atom. The Hall–Kier alpha value is -5.70. The van der Waals surface area contributed by atoms with Crippen molar-refractivity contribution in [2.45, 2.75) is 62.7 Å². The molecule has 0 radical (unpaired) electrons. The van der Waals surface area contributed by atoms with Crippen molar-refractivity contribution in [2.24, 2.45) is 11.5 Å². The van der Waals surface area contributed by atoms with Gasteiger partial charge in [-0.1, -0.05) is 36.4 Å². The van der Waals surface area contributed by atoms with Crippen LogP contribution in [-0.4, -0.2) is 79.9 Å². The number of aromatic amines is 2. The molecule has 0 saturated carbocycles. The van der Waals surface area contributed by atoms with Gasteiger partial charge in [0.25, 0.3) is 0 Å². The minimum atomic E-state index is -1.49. The molecule has 4 unspecified atom stereocenters. The molecule has 0 aliphatic heterocycles. The van der Waals surface area contributed by atoms with Crippen molar-refractivity contribution in [3.05, 3.63) is 72.1 Å². The number of carbonyl (C=O) groups excluding carboxylic acids is 4. The largest absolute Gasteiger partial charge is 0.481 e. The molecule has 248 valence electrons. The number of benzene rings is 2. The van der Waals surface area contributed by atoms with Gasteiger partial charge in [0.1, 0.15) is 18.1 Å². The highest BCUT2D eigenvalue weighted by Gasteiger charge is 2.31. The number of carbonyl (C=O) groups is 6. The van der Waals surface area contributed by atoms with Crippen LogP contribution in [0.25, 0.3) is 21.8 Å². The molecule has 15 nitrogen and oxygen atoms in total. The van der Waals surface area contributed by atoms with Gasteiger partial charge in [0.05, 0.1) is 6.04 Å². The molecule has 47 heavy (non-hydrogen) atoms. The van der Waals surface area contributed by atoms with Gasteiger partial charge in [0.2, 0.25) is 23.6 Å². The number of amides is 4. The summed E-state index contributed by atoms with van der Waals surface area (Å²) in [5, 5.41) is 28.1. The summed E-state index contributed by atoms with van der Waals surface area (Å²) < 4.78 is 0. The van der Waals surface area contributed by atoms with Gasteiger partial charge < -0.3 is 47.6 Å². The normalized spacial score (nSPS) is 13.7. The van der Waals surface area contributed by atoms with E-state index in [2.05, 4.69) is 25.9 Å². The number of rotatable bonds is 17. The van der Waals surface area contributed by atoms with E-state index in [1.54, 1.807) is 24.5 Å². The first-order valence-corrected chi connectivity index (χ1v) is 14.9. The van der Waals surface area contributed by atoms with Gasteiger partial charge in [-0.05, 0) is 42.5 Å². The molecule has 0 bridgehead atoms. The number of nitrogens with one attached hydrogen (secondary N) is 5. The summed E-state index contributed by atoms with van der Waals surface area (Å²) in [6, 6.07) is 9.27. The van der Waals surface area contributed by atoms with Crippen molar-refractivity contribution in [3.8, 4) is 0 Å². The van der Waals surface area contributed by atoms with E-state index < -0.39 is 66.2 Å². The molecule has 4 amide bonds.